The van der Waals surface area contributed by atoms with Gasteiger partial charge < -0.3 is 14.2 Å². The second-order valence-electron chi connectivity index (χ2n) is 5.71. The van der Waals surface area contributed by atoms with Crippen LogP contribution in [0, 0.1) is 0 Å². The van der Waals surface area contributed by atoms with Gasteiger partial charge in [0.1, 0.15) is 17.1 Å². The molecular formula is C24H28O3. The number of hydrogen-bond acceptors (Lipinski definition) is 3. The summed E-state index contributed by atoms with van der Waals surface area (Å²) in [7, 11) is 5.07. The summed E-state index contributed by atoms with van der Waals surface area (Å²) in [5.74, 6) is 1.63. The van der Waals surface area contributed by atoms with Crippen LogP contribution in [0.5, 0.6) is 11.5 Å². The summed E-state index contributed by atoms with van der Waals surface area (Å²) in [6.45, 7) is 4.00. The molecule has 3 heteroatoms. The predicted octanol–water partition coefficient (Wildman–Crippen LogP) is 5.67. The molecule has 0 aliphatic carbocycles. The molecule has 0 heterocycles. The lowest BCUT2D eigenvalue weighted by Gasteiger charge is -2.34. The highest BCUT2D eigenvalue weighted by Gasteiger charge is 2.36. The monoisotopic (exact) mass is 364 g/mol. The van der Waals surface area contributed by atoms with E-state index in [1.54, 1.807) is 21.3 Å². The van der Waals surface area contributed by atoms with Crippen LogP contribution in [0.1, 0.15) is 30.5 Å². The molecule has 3 rings (SSSR count). The molecule has 0 fully saturated rings. The molecule has 0 N–H and O–H groups in total. The van der Waals surface area contributed by atoms with Crippen molar-refractivity contribution in [3.05, 3.63) is 95.6 Å². The molecule has 0 unspecified atom stereocenters. The Morgan fingerprint density at radius 2 is 0.889 bits per heavy atom. The first kappa shape index (κ1) is 20.5. The lowest BCUT2D eigenvalue weighted by atomic mass is 9.80. The Balaban J connectivity index is 0.00000126. The Bertz CT molecular complexity index is 746. The molecule has 0 saturated heterocycles. The smallest absolute Gasteiger partial charge is 0.143 e. The molecule has 0 amide bonds. The first-order chi connectivity index (χ1) is 13.2. The fraction of sp³-hybridized carbons (Fsp3) is 0.250. The van der Waals surface area contributed by atoms with Gasteiger partial charge in [-0.05, 0) is 41.0 Å². The summed E-state index contributed by atoms with van der Waals surface area (Å²) in [5.41, 5.74) is 2.42. The highest BCUT2D eigenvalue weighted by atomic mass is 16.5. The van der Waals surface area contributed by atoms with E-state index in [4.69, 9.17) is 14.2 Å². The summed E-state index contributed by atoms with van der Waals surface area (Å²) in [5, 5.41) is 0. The quantitative estimate of drug-likeness (QED) is 0.528. The fourth-order valence-electron chi connectivity index (χ4n) is 3.18. The Kier molecular flexibility index (Phi) is 7.44. The fourth-order valence-corrected chi connectivity index (χ4v) is 3.18. The van der Waals surface area contributed by atoms with Crippen molar-refractivity contribution in [3.8, 4) is 11.5 Å². The van der Waals surface area contributed by atoms with E-state index in [1.807, 2.05) is 80.6 Å². The first-order valence-electron chi connectivity index (χ1n) is 9.14. The first-order valence-corrected chi connectivity index (χ1v) is 9.14. The summed E-state index contributed by atoms with van der Waals surface area (Å²) < 4.78 is 16.8. The van der Waals surface area contributed by atoms with Crippen LogP contribution in [0.2, 0.25) is 0 Å². The minimum absolute atomic E-state index is 0.709. The van der Waals surface area contributed by atoms with Crippen LogP contribution < -0.4 is 9.47 Å². The normalized spacial score (nSPS) is 10.6. The number of methoxy groups -OCH3 is 3. The van der Waals surface area contributed by atoms with E-state index in [0.717, 1.165) is 28.2 Å². The summed E-state index contributed by atoms with van der Waals surface area (Å²) in [6.07, 6.45) is 0. The van der Waals surface area contributed by atoms with Gasteiger partial charge in [-0.1, -0.05) is 68.4 Å². The Hall–Kier alpha value is -2.78. The lowest BCUT2D eigenvalue weighted by molar-refractivity contribution is 0.0584. The minimum atomic E-state index is -0.709. The van der Waals surface area contributed by atoms with Gasteiger partial charge >= 0.3 is 0 Å². The topological polar surface area (TPSA) is 27.7 Å². The standard InChI is InChI=1S/C22H22O3.C2H6/c1-23-20-13-9-18(10-14-20)22(25-3,17-7-5-4-6-8-17)19-11-15-21(24-2)16-12-19;1-2/h4-16H,1-3H3;1-2H3. The van der Waals surface area contributed by atoms with Crippen LogP contribution in [0.3, 0.4) is 0 Å². The van der Waals surface area contributed by atoms with Crippen molar-refractivity contribution in [1.82, 2.24) is 0 Å². The lowest BCUT2D eigenvalue weighted by Crippen LogP contribution is -2.31. The molecule has 0 saturated carbocycles. The third-order valence-electron chi connectivity index (χ3n) is 4.48. The molecule has 3 aromatic carbocycles. The van der Waals surface area contributed by atoms with Gasteiger partial charge in [-0.25, -0.2) is 0 Å². The maximum Gasteiger partial charge on any atom is 0.143 e. The average Bonchev–Trinajstić information content (AvgIpc) is 2.78. The zero-order valence-electron chi connectivity index (χ0n) is 16.7. The van der Waals surface area contributed by atoms with Gasteiger partial charge in [0.15, 0.2) is 0 Å². The van der Waals surface area contributed by atoms with Crippen molar-refractivity contribution in [1.29, 1.82) is 0 Å². The van der Waals surface area contributed by atoms with Crippen molar-refractivity contribution in [3.63, 3.8) is 0 Å². The van der Waals surface area contributed by atoms with E-state index in [2.05, 4.69) is 12.1 Å². The van der Waals surface area contributed by atoms with Crippen LogP contribution >= 0.6 is 0 Å². The molecule has 0 atom stereocenters. The second-order valence-corrected chi connectivity index (χ2v) is 5.71. The molecule has 142 valence electrons. The van der Waals surface area contributed by atoms with Gasteiger partial charge in [0, 0.05) is 7.11 Å². The summed E-state index contributed by atoms with van der Waals surface area (Å²) in [4.78, 5) is 0. The van der Waals surface area contributed by atoms with Crippen LogP contribution in [0.4, 0.5) is 0 Å². The Morgan fingerprint density at radius 1 is 0.519 bits per heavy atom. The maximum absolute atomic E-state index is 6.16. The zero-order valence-corrected chi connectivity index (χ0v) is 16.7. The highest BCUT2D eigenvalue weighted by Crippen LogP contribution is 2.40. The van der Waals surface area contributed by atoms with Crippen molar-refractivity contribution >= 4 is 0 Å². The minimum Gasteiger partial charge on any atom is -0.497 e. The largest absolute Gasteiger partial charge is 0.497 e. The molecule has 27 heavy (non-hydrogen) atoms. The predicted molar refractivity (Wildman–Crippen MR) is 111 cm³/mol. The van der Waals surface area contributed by atoms with Crippen molar-refractivity contribution in [2.75, 3.05) is 21.3 Å². The number of hydrogen-bond donors (Lipinski definition) is 0. The molecular weight excluding hydrogens is 336 g/mol. The molecule has 0 radical (unpaired) electrons. The van der Waals surface area contributed by atoms with E-state index in [-0.39, 0.29) is 0 Å². The molecule has 0 aliphatic heterocycles. The van der Waals surface area contributed by atoms with Crippen LogP contribution in [0.25, 0.3) is 0 Å². The van der Waals surface area contributed by atoms with Gasteiger partial charge in [-0.3, -0.25) is 0 Å². The molecule has 0 spiro atoms. The SMILES string of the molecule is CC.COc1ccc(C(OC)(c2ccccc2)c2ccc(OC)cc2)cc1. The molecule has 0 bridgehead atoms. The van der Waals surface area contributed by atoms with Gasteiger partial charge in [0.2, 0.25) is 0 Å². The van der Waals surface area contributed by atoms with Crippen LogP contribution in [-0.2, 0) is 10.3 Å². The third kappa shape index (κ3) is 4.15. The van der Waals surface area contributed by atoms with E-state index < -0.39 is 5.60 Å². The van der Waals surface area contributed by atoms with Gasteiger partial charge in [0.05, 0.1) is 14.2 Å². The van der Waals surface area contributed by atoms with E-state index in [9.17, 15) is 0 Å². The Morgan fingerprint density at radius 3 is 1.22 bits per heavy atom. The van der Waals surface area contributed by atoms with Gasteiger partial charge in [-0.2, -0.15) is 0 Å². The van der Waals surface area contributed by atoms with Crippen LogP contribution in [0.15, 0.2) is 78.9 Å². The molecule has 3 nitrogen and oxygen atoms in total. The van der Waals surface area contributed by atoms with Gasteiger partial charge in [-0.15, -0.1) is 0 Å². The highest BCUT2D eigenvalue weighted by molar-refractivity contribution is 5.49. The Labute approximate surface area is 162 Å². The van der Waals surface area contributed by atoms with Crippen LogP contribution in [-0.4, -0.2) is 21.3 Å². The molecule has 0 aliphatic rings. The van der Waals surface area contributed by atoms with Crippen molar-refractivity contribution in [2.45, 2.75) is 19.4 Å². The van der Waals surface area contributed by atoms with E-state index in [1.165, 1.54) is 0 Å². The average molecular weight is 364 g/mol. The molecule has 0 aromatic heterocycles. The summed E-state index contributed by atoms with van der Waals surface area (Å²) in [6, 6.07) is 26.2. The number of benzene rings is 3. The third-order valence-corrected chi connectivity index (χ3v) is 4.48. The molecule has 3 aromatic rings. The number of ether oxygens (including phenoxy) is 3. The zero-order chi connectivity index (χ0) is 19.7. The summed E-state index contributed by atoms with van der Waals surface area (Å²) >= 11 is 0. The van der Waals surface area contributed by atoms with Crippen molar-refractivity contribution in [2.24, 2.45) is 0 Å². The van der Waals surface area contributed by atoms with E-state index in [0.29, 0.717) is 0 Å². The second kappa shape index (κ2) is 9.79. The number of rotatable bonds is 6. The maximum atomic E-state index is 6.16. The van der Waals surface area contributed by atoms with E-state index >= 15 is 0 Å². The van der Waals surface area contributed by atoms with Gasteiger partial charge in [0.25, 0.3) is 0 Å². The van der Waals surface area contributed by atoms with Crippen molar-refractivity contribution < 1.29 is 14.2 Å².